The lowest BCUT2D eigenvalue weighted by Gasteiger charge is -2.12. The number of hydrogen-bond donors (Lipinski definition) is 1. The Morgan fingerprint density at radius 2 is 2.00 bits per heavy atom. The van der Waals surface area contributed by atoms with Gasteiger partial charge in [-0.25, -0.2) is 4.98 Å². The minimum Gasteiger partial charge on any atom is -0.493 e. The van der Waals surface area contributed by atoms with Gasteiger partial charge in [0.25, 0.3) is 5.91 Å². The molecule has 2 aromatic heterocycles. The zero-order chi connectivity index (χ0) is 22.3. The second kappa shape index (κ2) is 9.70. The number of rotatable bonds is 9. The topological polar surface area (TPSA) is 74.1 Å². The number of carbonyl (C=O) groups is 1. The summed E-state index contributed by atoms with van der Waals surface area (Å²) in [6, 6.07) is 18.1. The maximum atomic E-state index is 12.7. The molecule has 0 aliphatic heterocycles. The van der Waals surface area contributed by atoms with E-state index in [1.165, 1.54) is 7.11 Å². The van der Waals surface area contributed by atoms with E-state index in [4.69, 9.17) is 14.2 Å². The number of pyridine rings is 1. The second-order valence-corrected chi connectivity index (χ2v) is 6.93. The molecule has 0 fully saturated rings. The van der Waals surface area contributed by atoms with Crippen LogP contribution < -0.4 is 19.5 Å². The van der Waals surface area contributed by atoms with Gasteiger partial charge >= 0.3 is 0 Å². The highest BCUT2D eigenvalue weighted by molar-refractivity contribution is 6.04. The summed E-state index contributed by atoms with van der Waals surface area (Å²) in [4.78, 5) is 17.2. The molecule has 1 amide bonds. The summed E-state index contributed by atoms with van der Waals surface area (Å²) in [7, 11) is 1.53. The first-order valence-corrected chi connectivity index (χ1v) is 10.0. The van der Waals surface area contributed by atoms with Crippen molar-refractivity contribution < 1.29 is 19.0 Å². The molecule has 4 aromatic rings. The predicted molar refractivity (Wildman–Crippen MR) is 123 cm³/mol. The van der Waals surface area contributed by atoms with Gasteiger partial charge < -0.3 is 23.9 Å². The summed E-state index contributed by atoms with van der Waals surface area (Å²) in [6.07, 6.45) is 5.51. The van der Waals surface area contributed by atoms with E-state index >= 15 is 0 Å². The van der Waals surface area contributed by atoms with Crippen LogP contribution in [0.1, 0.15) is 16.1 Å². The molecule has 0 aliphatic rings. The molecule has 2 heterocycles. The maximum absolute atomic E-state index is 12.7. The van der Waals surface area contributed by atoms with Crippen molar-refractivity contribution in [3.8, 4) is 17.2 Å². The third-order valence-corrected chi connectivity index (χ3v) is 4.68. The molecule has 0 radical (unpaired) electrons. The van der Waals surface area contributed by atoms with E-state index in [9.17, 15) is 4.79 Å². The van der Waals surface area contributed by atoms with Gasteiger partial charge in [-0.15, -0.1) is 0 Å². The number of hydrogen-bond acceptors (Lipinski definition) is 5. The summed E-state index contributed by atoms with van der Waals surface area (Å²) >= 11 is 0. The molecule has 2 aromatic carbocycles. The Kier molecular flexibility index (Phi) is 6.36. The highest BCUT2D eigenvalue weighted by Gasteiger charge is 2.12. The number of nitrogens with zero attached hydrogens (tertiary/aromatic N) is 2. The number of nitrogens with one attached hydrogen (secondary N) is 1. The molecule has 162 valence electrons. The number of amides is 1. The molecule has 0 saturated carbocycles. The van der Waals surface area contributed by atoms with Crippen LogP contribution >= 0.6 is 0 Å². The van der Waals surface area contributed by atoms with E-state index in [2.05, 4.69) is 16.9 Å². The van der Waals surface area contributed by atoms with Crippen LogP contribution in [-0.2, 0) is 6.61 Å². The quantitative estimate of drug-likeness (QED) is 0.389. The van der Waals surface area contributed by atoms with Crippen LogP contribution in [-0.4, -0.2) is 29.0 Å². The lowest BCUT2D eigenvalue weighted by atomic mass is 10.1. The molecule has 0 bridgehead atoms. The smallest absolute Gasteiger partial charge is 0.255 e. The van der Waals surface area contributed by atoms with Crippen LogP contribution in [0.4, 0.5) is 5.69 Å². The van der Waals surface area contributed by atoms with Crippen molar-refractivity contribution >= 4 is 17.2 Å². The largest absolute Gasteiger partial charge is 0.493 e. The van der Waals surface area contributed by atoms with Crippen LogP contribution in [0.25, 0.3) is 5.65 Å². The van der Waals surface area contributed by atoms with E-state index < -0.39 is 0 Å². The molecule has 32 heavy (non-hydrogen) atoms. The van der Waals surface area contributed by atoms with E-state index in [0.29, 0.717) is 41.7 Å². The molecule has 7 nitrogen and oxygen atoms in total. The Balaban J connectivity index is 1.41. The normalized spacial score (nSPS) is 10.5. The highest BCUT2D eigenvalue weighted by atomic mass is 16.5. The van der Waals surface area contributed by atoms with Crippen molar-refractivity contribution in [3.05, 3.63) is 97.0 Å². The van der Waals surface area contributed by atoms with Crippen molar-refractivity contribution in [1.29, 1.82) is 0 Å². The number of benzene rings is 2. The average Bonchev–Trinajstić information content (AvgIpc) is 3.24. The molecule has 0 saturated heterocycles. The van der Waals surface area contributed by atoms with Gasteiger partial charge in [0, 0.05) is 29.7 Å². The molecule has 1 N–H and O–H groups in total. The lowest BCUT2D eigenvalue weighted by molar-refractivity contribution is 0.102. The van der Waals surface area contributed by atoms with Crippen molar-refractivity contribution in [3.63, 3.8) is 0 Å². The third kappa shape index (κ3) is 4.89. The fourth-order valence-corrected chi connectivity index (χ4v) is 3.16. The Morgan fingerprint density at radius 3 is 2.81 bits per heavy atom. The third-order valence-electron chi connectivity index (χ3n) is 4.68. The Labute approximate surface area is 185 Å². The average molecular weight is 429 g/mol. The van der Waals surface area contributed by atoms with Crippen LogP contribution in [0.2, 0.25) is 0 Å². The fourth-order valence-electron chi connectivity index (χ4n) is 3.16. The SMILES string of the molecule is C=CCOc1ccc(C(=O)Nc2cccc(OCc3cn4ccccc4n3)c2)cc1OC. The van der Waals surface area contributed by atoms with Gasteiger partial charge in [-0.05, 0) is 42.5 Å². The highest BCUT2D eigenvalue weighted by Crippen LogP contribution is 2.28. The monoisotopic (exact) mass is 429 g/mol. The molecular formula is C25H23N3O4. The summed E-state index contributed by atoms with van der Waals surface area (Å²) in [6.45, 7) is 4.30. The van der Waals surface area contributed by atoms with Crippen molar-refractivity contribution in [1.82, 2.24) is 9.38 Å². The van der Waals surface area contributed by atoms with Crippen molar-refractivity contribution in [2.45, 2.75) is 6.61 Å². The van der Waals surface area contributed by atoms with Crippen LogP contribution in [0, 0.1) is 0 Å². The van der Waals surface area contributed by atoms with Gasteiger partial charge in [0.05, 0.1) is 12.8 Å². The molecule has 7 heteroatoms. The molecule has 4 rings (SSSR count). The number of anilines is 1. The lowest BCUT2D eigenvalue weighted by Crippen LogP contribution is -2.12. The van der Waals surface area contributed by atoms with E-state index in [-0.39, 0.29) is 5.91 Å². The number of imidazole rings is 1. The van der Waals surface area contributed by atoms with Gasteiger partial charge in [-0.3, -0.25) is 4.79 Å². The van der Waals surface area contributed by atoms with Crippen molar-refractivity contribution in [2.24, 2.45) is 0 Å². The Hall–Kier alpha value is -4.26. The molecule has 0 aliphatic carbocycles. The molecule has 0 atom stereocenters. The zero-order valence-corrected chi connectivity index (χ0v) is 17.7. The van der Waals surface area contributed by atoms with Crippen LogP contribution in [0.15, 0.2) is 85.7 Å². The van der Waals surface area contributed by atoms with E-state index in [0.717, 1.165) is 11.3 Å². The number of methoxy groups -OCH3 is 1. The van der Waals surface area contributed by atoms with E-state index in [1.807, 2.05) is 47.1 Å². The summed E-state index contributed by atoms with van der Waals surface area (Å²) in [5, 5.41) is 2.88. The molecule has 0 unspecified atom stereocenters. The number of carbonyl (C=O) groups excluding carboxylic acids is 1. The maximum Gasteiger partial charge on any atom is 0.255 e. The van der Waals surface area contributed by atoms with Gasteiger partial charge in [0.15, 0.2) is 11.5 Å². The minimum atomic E-state index is -0.268. The predicted octanol–water partition coefficient (Wildman–Crippen LogP) is 4.74. The van der Waals surface area contributed by atoms with Gasteiger partial charge in [-0.1, -0.05) is 24.8 Å². The summed E-state index contributed by atoms with van der Waals surface area (Å²) in [5.74, 6) is 1.39. The first kappa shape index (κ1) is 21.0. The molecular weight excluding hydrogens is 406 g/mol. The summed E-state index contributed by atoms with van der Waals surface area (Å²) in [5.41, 5.74) is 2.75. The van der Waals surface area contributed by atoms with Crippen molar-refractivity contribution in [2.75, 3.05) is 19.0 Å². The first-order valence-electron chi connectivity index (χ1n) is 10.0. The fraction of sp³-hybridized carbons (Fsp3) is 0.120. The van der Waals surface area contributed by atoms with Gasteiger partial charge in [-0.2, -0.15) is 0 Å². The van der Waals surface area contributed by atoms with Gasteiger partial charge in [0.1, 0.15) is 24.6 Å². The number of fused-ring (bicyclic) bond motifs is 1. The Bertz CT molecular complexity index is 1220. The van der Waals surface area contributed by atoms with Crippen LogP contribution in [0.3, 0.4) is 0 Å². The van der Waals surface area contributed by atoms with Gasteiger partial charge in [0.2, 0.25) is 0 Å². The zero-order valence-electron chi connectivity index (χ0n) is 17.7. The molecule has 0 spiro atoms. The standard InChI is InChI=1S/C25H23N3O4/c1-3-13-31-22-11-10-18(14-23(22)30-2)25(29)27-19-7-6-8-21(15-19)32-17-20-16-28-12-5-4-9-24(28)26-20/h3-12,14-16H,1,13,17H2,2H3,(H,27,29). The Morgan fingerprint density at radius 1 is 1.09 bits per heavy atom. The minimum absolute atomic E-state index is 0.268. The summed E-state index contributed by atoms with van der Waals surface area (Å²) < 4.78 is 18.7. The first-order chi connectivity index (χ1) is 15.7. The van der Waals surface area contributed by atoms with E-state index in [1.54, 1.807) is 36.4 Å². The van der Waals surface area contributed by atoms with Crippen LogP contribution in [0.5, 0.6) is 17.2 Å². The number of ether oxygens (including phenoxy) is 3. The second-order valence-electron chi connectivity index (χ2n) is 6.93. The number of aromatic nitrogens is 2.